The number of hydrogen-bond acceptors (Lipinski definition) is 7. The van der Waals surface area contributed by atoms with Crippen LogP contribution >= 0.6 is 23.1 Å². The Bertz CT molecular complexity index is 867. The summed E-state index contributed by atoms with van der Waals surface area (Å²) in [5.74, 6) is 1.00. The van der Waals surface area contributed by atoms with E-state index in [0.717, 1.165) is 26.9 Å². The van der Waals surface area contributed by atoms with Crippen molar-refractivity contribution < 1.29 is 14.1 Å². The molecule has 3 aromatic rings. The molecule has 5 nitrogen and oxygen atoms in total. The third-order valence-corrected chi connectivity index (χ3v) is 5.90. The number of esters is 1. The van der Waals surface area contributed by atoms with Gasteiger partial charge in [-0.3, -0.25) is 0 Å². The zero-order valence-corrected chi connectivity index (χ0v) is 15.9. The van der Waals surface area contributed by atoms with Gasteiger partial charge in [0, 0.05) is 16.8 Å². The van der Waals surface area contributed by atoms with Crippen LogP contribution in [-0.2, 0) is 17.1 Å². The van der Waals surface area contributed by atoms with E-state index in [0.29, 0.717) is 17.1 Å². The number of nitrogens with zero attached hydrogens (tertiary/aromatic N) is 2. The molecule has 7 heteroatoms. The van der Waals surface area contributed by atoms with Crippen LogP contribution in [-0.4, -0.2) is 16.1 Å². The van der Waals surface area contributed by atoms with Crippen molar-refractivity contribution in [3.8, 4) is 0 Å². The minimum atomic E-state index is -0.341. The molecular formula is C18H18N2O3S2. The van der Waals surface area contributed by atoms with Gasteiger partial charge >= 0.3 is 5.97 Å². The van der Waals surface area contributed by atoms with Crippen LogP contribution < -0.4 is 0 Å². The molecule has 1 aromatic carbocycles. The van der Waals surface area contributed by atoms with Gasteiger partial charge in [0.25, 0.3) is 0 Å². The summed E-state index contributed by atoms with van der Waals surface area (Å²) in [5.41, 5.74) is 4.09. The Balaban J connectivity index is 1.68. The third kappa shape index (κ3) is 4.29. The van der Waals surface area contributed by atoms with E-state index in [1.54, 1.807) is 29.2 Å². The lowest BCUT2D eigenvalue weighted by molar-refractivity contribution is 0.0470. The zero-order valence-electron chi connectivity index (χ0n) is 14.2. The number of aryl methyl sites for hydroxylation is 3. The lowest BCUT2D eigenvalue weighted by Gasteiger charge is -2.09. The van der Waals surface area contributed by atoms with E-state index in [2.05, 4.69) is 10.1 Å². The lowest BCUT2D eigenvalue weighted by Crippen LogP contribution is -2.08. The Labute approximate surface area is 154 Å². The van der Waals surface area contributed by atoms with E-state index in [1.807, 2.05) is 44.4 Å². The summed E-state index contributed by atoms with van der Waals surface area (Å²) in [4.78, 5) is 16.9. The van der Waals surface area contributed by atoms with E-state index >= 15 is 0 Å². The quantitative estimate of drug-likeness (QED) is 0.460. The molecule has 0 amide bonds. The van der Waals surface area contributed by atoms with Gasteiger partial charge in [-0.1, -0.05) is 35.1 Å². The van der Waals surface area contributed by atoms with E-state index in [9.17, 15) is 4.79 Å². The van der Waals surface area contributed by atoms with E-state index in [-0.39, 0.29) is 12.6 Å². The monoisotopic (exact) mass is 374 g/mol. The largest absolute Gasteiger partial charge is 0.457 e. The van der Waals surface area contributed by atoms with Crippen molar-refractivity contribution in [2.24, 2.45) is 0 Å². The molecule has 0 unspecified atom stereocenters. The van der Waals surface area contributed by atoms with E-state index in [1.165, 1.54) is 0 Å². The number of rotatable bonds is 6. The van der Waals surface area contributed by atoms with Gasteiger partial charge in [0.05, 0.1) is 16.8 Å². The summed E-state index contributed by atoms with van der Waals surface area (Å²) in [7, 11) is 0. The molecule has 0 spiro atoms. The third-order valence-electron chi connectivity index (χ3n) is 3.72. The zero-order chi connectivity index (χ0) is 17.8. The van der Waals surface area contributed by atoms with Crippen LogP contribution in [0.4, 0.5) is 0 Å². The van der Waals surface area contributed by atoms with Gasteiger partial charge in [-0.05, 0) is 32.4 Å². The number of benzene rings is 1. The highest BCUT2D eigenvalue weighted by atomic mass is 32.2. The molecule has 0 bridgehead atoms. The first-order valence-corrected chi connectivity index (χ1v) is 9.63. The number of carbonyl (C=O) groups excluding carboxylic acids is 1. The molecule has 0 aliphatic rings. The van der Waals surface area contributed by atoms with Crippen LogP contribution in [0.15, 0.2) is 38.5 Å². The molecule has 0 aliphatic heterocycles. The Morgan fingerprint density at radius 1 is 1.28 bits per heavy atom. The van der Waals surface area contributed by atoms with Crippen LogP contribution in [0.2, 0.25) is 0 Å². The molecule has 130 valence electrons. The molecule has 0 radical (unpaired) electrons. The number of thiazole rings is 1. The molecular weight excluding hydrogens is 356 g/mol. The number of carbonyl (C=O) groups is 1. The second-order valence-corrected chi connectivity index (χ2v) is 7.66. The second kappa shape index (κ2) is 7.84. The van der Waals surface area contributed by atoms with Gasteiger partial charge in [0.1, 0.15) is 16.7 Å². The molecule has 2 aromatic heterocycles. The summed E-state index contributed by atoms with van der Waals surface area (Å²) >= 11 is 3.23. The molecule has 25 heavy (non-hydrogen) atoms. The molecule has 0 saturated heterocycles. The fraction of sp³-hybridized carbons (Fsp3) is 0.278. The van der Waals surface area contributed by atoms with Crippen LogP contribution in [0.3, 0.4) is 0 Å². The van der Waals surface area contributed by atoms with Gasteiger partial charge in [-0.15, -0.1) is 11.3 Å². The lowest BCUT2D eigenvalue weighted by atomic mass is 10.1. The molecule has 0 N–H and O–H groups in total. The summed E-state index contributed by atoms with van der Waals surface area (Å²) < 4.78 is 11.6. The van der Waals surface area contributed by atoms with Crippen LogP contribution in [0.1, 0.15) is 38.6 Å². The van der Waals surface area contributed by atoms with Gasteiger partial charge in [0.2, 0.25) is 0 Å². The van der Waals surface area contributed by atoms with Crippen LogP contribution in [0, 0.1) is 20.8 Å². The van der Waals surface area contributed by atoms with Crippen molar-refractivity contribution in [2.75, 3.05) is 0 Å². The number of thioether (sulfide) groups is 1. The van der Waals surface area contributed by atoms with Gasteiger partial charge in [-0.2, -0.15) is 0 Å². The fourth-order valence-corrected chi connectivity index (χ4v) is 4.16. The normalized spacial score (nSPS) is 10.8. The maximum absolute atomic E-state index is 12.5. The first-order valence-electron chi connectivity index (χ1n) is 7.76. The second-order valence-electron chi connectivity index (χ2n) is 5.58. The highest BCUT2D eigenvalue weighted by molar-refractivity contribution is 8.00. The van der Waals surface area contributed by atoms with Crippen molar-refractivity contribution in [3.63, 3.8) is 0 Å². The molecule has 0 saturated carbocycles. The minimum Gasteiger partial charge on any atom is -0.457 e. The number of ether oxygens (including phenoxy) is 1. The Morgan fingerprint density at radius 3 is 2.76 bits per heavy atom. The molecule has 0 aliphatic carbocycles. The number of hydrogen-bond donors (Lipinski definition) is 0. The molecule has 2 heterocycles. The summed E-state index contributed by atoms with van der Waals surface area (Å²) in [5, 5.41) is 5.89. The summed E-state index contributed by atoms with van der Waals surface area (Å²) in [6.07, 6.45) is 0. The van der Waals surface area contributed by atoms with Crippen LogP contribution in [0.5, 0.6) is 0 Å². The topological polar surface area (TPSA) is 65.2 Å². The van der Waals surface area contributed by atoms with Crippen LogP contribution in [0.25, 0.3) is 0 Å². The minimum absolute atomic E-state index is 0.160. The van der Waals surface area contributed by atoms with Crippen molar-refractivity contribution in [1.82, 2.24) is 10.1 Å². The Morgan fingerprint density at radius 2 is 2.08 bits per heavy atom. The summed E-state index contributed by atoms with van der Waals surface area (Å²) in [6, 6.07) is 7.50. The number of aromatic nitrogens is 2. The fourth-order valence-electron chi connectivity index (χ4n) is 2.31. The van der Waals surface area contributed by atoms with E-state index < -0.39 is 0 Å². The van der Waals surface area contributed by atoms with Gasteiger partial charge < -0.3 is 9.26 Å². The standard InChI is InChI=1S/C18H18N2O3S2/c1-11-9-24-18(19-11)25-10-14-6-4-5-7-15(14)17(21)22-8-16-12(2)20-23-13(16)3/h4-7,9H,8,10H2,1-3H3. The van der Waals surface area contributed by atoms with Crippen molar-refractivity contribution in [1.29, 1.82) is 0 Å². The Kier molecular flexibility index (Phi) is 5.55. The highest BCUT2D eigenvalue weighted by Gasteiger charge is 2.16. The first-order chi connectivity index (χ1) is 12.0. The Hall–Kier alpha value is -2.12. The molecule has 3 rings (SSSR count). The predicted molar refractivity (Wildman–Crippen MR) is 98.0 cm³/mol. The molecule has 0 fully saturated rings. The van der Waals surface area contributed by atoms with Gasteiger partial charge in [-0.25, -0.2) is 9.78 Å². The average molecular weight is 374 g/mol. The van der Waals surface area contributed by atoms with Crippen molar-refractivity contribution in [2.45, 2.75) is 37.5 Å². The van der Waals surface area contributed by atoms with Gasteiger partial charge in [0.15, 0.2) is 0 Å². The first kappa shape index (κ1) is 17.7. The maximum Gasteiger partial charge on any atom is 0.338 e. The smallest absolute Gasteiger partial charge is 0.338 e. The highest BCUT2D eigenvalue weighted by Crippen LogP contribution is 2.27. The SMILES string of the molecule is Cc1csc(SCc2ccccc2C(=O)OCc2c(C)noc2C)n1. The van der Waals surface area contributed by atoms with Crippen molar-refractivity contribution >= 4 is 29.1 Å². The van der Waals surface area contributed by atoms with Crippen molar-refractivity contribution in [3.05, 3.63) is 63.5 Å². The summed E-state index contributed by atoms with van der Waals surface area (Å²) in [6.45, 7) is 5.78. The molecule has 0 atom stereocenters. The average Bonchev–Trinajstić information content (AvgIpc) is 3.17. The maximum atomic E-state index is 12.5. The van der Waals surface area contributed by atoms with E-state index in [4.69, 9.17) is 9.26 Å². The predicted octanol–water partition coefficient (Wildman–Crippen LogP) is 4.71.